The van der Waals surface area contributed by atoms with Crippen molar-refractivity contribution in [1.29, 1.82) is 0 Å². The smallest absolute Gasteiger partial charge is 0.265 e. The molecule has 0 radical (unpaired) electrons. The van der Waals surface area contributed by atoms with Gasteiger partial charge in [0.2, 0.25) is 0 Å². The highest BCUT2D eigenvalue weighted by molar-refractivity contribution is 6.04. The Morgan fingerprint density at radius 2 is 1.74 bits per heavy atom. The zero-order chi connectivity index (χ0) is 21.2. The van der Waals surface area contributed by atoms with E-state index in [4.69, 9.17) is 14.7 Å². The van der Waals surface area contributed by atoms with Gasteiger partial charge in [-0.05, 0) is 24.1 Å². The molecule has 8 nitrogen and oxygen atoms in total. The molecule has 0 bridgehead atoms. The first-order valence-corrected chi connectivity index (χ1v) is 10.0. The molecule has 154 valence electrons. The van der Waals surface area contributed by atoms with E-state index in [2.05, 4.69) is 10.1 Å². The Bertz CT molecular complexity index is 1470. The van der Waals surface area contributed by atoms with Gasteiger partial charge in [0, 0.05) is 20.3 Å². The predicted molar refractivity (Wildman–Crippen MR) is 121 cm³/mol. The van der Waals surface area contributed by atoms with Crippen LogP contribution < -0.4 is 5.56 Å². The van der Waals surface area contributed by atoms with Crippen molar-refractivity contribution in [3.8, 4) is 0 Å². The summed E-state index contributed by atoms with van der Waals surface area (Å²) in [6.07, 6.45) is 3.98. The van der Waals surface area contributed by atoms with E-state index >= 15 is 0 Å². The van der Waals surface area contributed by atoms with Crippen molar-refractivity contribution in [2.45, 2.75) is 13.0 Å². The first-order chi connectivity index (χ1) is 15.3. The lowest BCUT2D eigenvalue weighted by atomic mass is 10.2. The molecule has 0 unspecified atom stereocenters. The fraction of sp³-hybridized carbons (Fsp3) is 0.174. The van der Waals surface area contributed by atoms with Crippen molar-refractivity contribution in [3.05, 3.63) is 76.8 Å². The molecule has 0 saturated carbocycles. The number of benzene rings is 2. The maximum Gasteiger partial charge on any atom is 0.265 e. The Labute approximate surface area is 177 Å². The van der Waals surface area contributed by atoms with Crippen LogP contribution in [-0.2, 0) is 11.3 Å². The second-order valence-electron chi connectivity index (χ2n) is 7.14. The number of ether oxygens (including phenoxy) is 1. The highest BCUT2D eigenvalue weighted by Crippen LogP contribution is 2.24. The summed E-state index contributed by atoms with van der Waals surface area (Å²) in [5, 5.41) is 5.02. The Morgan fingerprint density at radius 1 is 1.00 bits per heavy atom. The van der Waals surface area contributed by atoms with E-state index in [1.54, 1.807) is 28.9 Å². The molecule has 2 aromatic carbocycles. The molecule has 0 aliphatic rings. The molecule has 0 amide bonds. The molecule has 0 N–H and O–H groups in total. The van der Waals surface area contributed by atoms with Gasteiger partial charge in [0.15, 0.2) is 11.3 Å². The quantitative estimate of drug-likeness (QED) is 0.316. The van der Waals surface area contributed by atoms with Gasteiger partial charge in [0.25, 0.3) is 5.56 Å². The Kier molecular flexibility index (Phi) is 4.97. The maximum absolute atomic E-state index is 13.3. The predicted octanol–water partition coefficient (Wildman–Crippen LogP) is 3.21. The zero-order valence-electron chi connectivity index (χ0n) is 17.0. The van der Waals surface area contributed by atoms with Crippen LogP contribution in [0.1, 0.15) is 12.0 Å². The van der Waals surface area contributed by atoms with Crippen molar-refractivity contribution < 1.29 is 4.74 Å². The Morgan fingerprint density at radius 3 is 2.52 bits per heavy atom. The number of para-hydroxylation sites is 2. The minimum absolute atomic E-state index is 0.163. The summed E-state index contributed by atoms with van der Waals surface area (Å²) in [7, 11) is 1.64. The summed E-state index contributed by atoms with van der Waals surface area (Å²) in [4.78, 5) is 27.4. The summed E-state index contributed by atoms with van der Waals surface area (Å²) in [6, 6.07) is 17.3. The maximum atomic E-state index is 13.3. The van der Waals surface area contributed by atoms with Crippen LogP contribution in [0.15, 0.2) is 70.8 Å². The van der Waals surface area contributed by atoms with E-state index in [-0.39, 0.29) is 5.56 Å². The van der Waals surface area contributed by atoms with Crippen LogP contribution in [-0.4, -0.2) is 44.1 Å². The lowest BCUT2D eigenvalue weighted by Gasteiger charge is -2.04. The number of hydrogen-bond donors (Lipinski definition) is 0. The number of nitrogens with zero attached hydrogens (tertiary/aromatic N) is 6. The molecular formula is C23H20N6O2. The number of hydrogen-bond acceptors (Lipinski definition) is 6. The second-order valence-corrected chi connectivity index (χ2v) is 7.14. The first kappa shape index (κ1) is 19.1. The van der Waals surface area contributed by atoms with Gasteiger partial charge in [0.05, 0.1) is 23.6 Å². The van der Waals surface area contributed by atoms with Crippen molar-refractivity contribution >= 4 is 39.4 Å². The van der Waals surface area contributed by atoms with Gasteiger partial charge in [-0.15, -0.1) is 0 Å². The van der Waals surface area contributed by atoms with Crippen molar-refractivity contribution in [3.63, 3.8) is 0 Å². The van der Waals surface area contributed by atoms with Crippen LogP contribution in [0.4, 0.5) is 0 Å². The van der Waals surface area contributed by atoms with E-state index in [1.165, 1.54) is 0 Å². The third kappa shape index (κ3) is 3.47. The van der Waals surface area contributed by atoms with Gasteiger partial charge >= 0.3 is 0 Å². The van der Waals surface area contributed by atoms with Gasteiger partial charge in [-0.25, -0.2) is 15.0 Å². The van der Waals surface area contributed by atoms with Gasteiger partial charge < -0.3 is 4.74 Å². The molecule has 0 fully saturated rings. The van der Waals surface area contributed by atoms with E-state index in [9.17, 15) is 4.79 Å². The molecule has 0 aliphatic heterocycles. The Hall–Kier alpha value is -3.91. The van der Waals surface area contributed by atoms with E-state index in [0.717, 1.165) is 16.6 Å². The number of fused-ring (bicyclic) bond motifs is 4. The van der Waals surface area contributed by atoms with Gasteiger partial charge in [-0.3, -0.25) is 9.36 Å². The average Bonchev–Trinajstić information content (AvgIpc) is 3.11. The van der Waals surface area contributed by atoms with Crippen LogP contribution in [0, 0.1) is 0 Å². The minimum atomic E-state index is -0.163. The number of aryl methyl sites for hydroxylation is 1. The third-order valence-corrected chi connectivity index (χ3v) is 5.08. The molecule has 5 rings (SSSR count). The van der Waals surface area contributed by atoms with Gasteiger partial charge in [-0.2, -0.15) is 9.78 Å². The molecule has 31 heavy (non-hydrogen) atoms. The number of rotatable bonds is 6. The third-order valence-electron chi connectivity index (χ3n) is 5.08. The van der Waals surface area contributed by atoms with Crippen molar-refractivity contribution in [1.82, 2.24) is 24.2 Å². The fourth-order valence-electron chi connectivity index (χ4n) is 3.57. The van der Waals surface area contributed by atoms with Gasteiger partial charge in [-0.1, -0.05) is 42.5 Å². The van der Waals surface area contributed by atoms with Gasteiger partial charge in [0.1, 0.15) is 10.9 Å². The van der Waals surface area contributed by atoms with Crippen LogP contribution in [0.25, 0.3) is 33.2 Å². The normalized spacial score (nSPS) is 11.9. The standard InChI is InChI=1S/C23H20N6O2/c1-31-13-7-12-28-15-24-21-19(23(28)30)20-22(27-18-11-6-5-10-17(18)26-20)29(21)25-14-16-8-3-2-4-9-16/h2-6,8-11,14-15H,7,12-13H2,1H3/b25-14+. The second kappa shape index (κ2) is 8.08. The molecule has 0 saturated heterocycles. The average molecular weight is 412 g/mol. The minimum Gasteiger partial charge on any atom is -0.385 e. The van der Waals surface area contributed by atoms with E-state index in [1.807, 2.05) is 54.6 Å². The topological polar surface area (TPSA) is 87.2 Å². The first-order valence-electron chi connectivity index (χ1n) is 10.0. The largest absolute Gasteiger partial charge is 0.385 e. The summed E-state index contributed by atoms with van der Waals surface area (Å²) in [6.45, 7) is 1.08. The monoisotopic (exact) mass is 412 g/mol. The number of methoxy groups -OCH3 is 1. The molecule has 0 aliphatic carbocycles. The van der Waals surface area contributed by atoms with E-state index in [0.29, 0.717) is 41.8 Å². The van der Waals surface area contributed by atoms with E-state index < -0.39 is 0 Å². The molecule has 5 aromatic rings. The SMILES string of the molecule is COCCCn1cnc2c(c1=O)c1nc3ccccc3nc1n2/N=C/c1ccccc1. The van der Waals surface area contributed by atoms with Crippen molar-refractivity contribution in [2.24, 2.45) is 5.10 Å². The summed E-state index contributed by atoms with van der Waals surface area (Å²) in [5.74, 6) is 0. The lowest BCUT2D eigenvalue weighted by molar-refractivity contribution is 0.190. The van der Waals surface area contributed by atoms with Crippen LogP contribution >= 0.6 is 0 Å². The molecular weight excluding hydrogens is 392 g/mol. The highest BCUT2D eigenvalue weighted by atomic mass is 16.5. The fourth-order valence-corrected chi connectivity index (χ4v) is 3.57. The number of aromatic nitrogens is 5. The molecule has 8 heteroatoms. The lowest BCUT2D eigenvalue weighted by Crippen LogP contribution is -2.21. The molecule has 3 heterocycles. The summed E-state index contributed by atoms with van der Waals surface area (Å²) < 4.78 is 8.29. The zero-order valence-corrected chi connectivity index (χ0v) is 17.0. The highest BCUT2D eigenvalue weighted by Gasteiger charge is 2.19. The van der Waals surface area contributed by atoms with Crippen molar-refractivity contribution in [2.75, 3.05) is 13.7 Å². The van der Waals surface area contributed by atoms with Crippen LogP contribution in [0.5, 0.6) is 0 Å². The summed E-state index contributed by atoms with van der Waals surface area (Å²) in [5.41, 5.74) is 3.65. The molecule has 0 spiro atoms. The van der Waals surface area contributed by atoms with Crippen LogP contribution in [0.2, 0.25) is 0 Å². The summed E-state index contributed by atoms with van der Waals surface area (Å²) >= 11 is 0. The Balaban J connectivity index is 1.77. The molecule has 3 aromatic heterocycles. The van der Waals surface area contributed by atoms with Crippen LogP contribution in [0.3, 0.4) is 0 Å². The molecule has 0 atom stereocenters.